The van der Waals surface area contributed by atoms with Gasteiger partial charge in [-0.1, -0.05) is 140 Å². The van der Waals surface area contributed by atoms with Crippen LogP contribution in [0.1, 0.15) is 0 Å². The van der Waals surface area contributed by atoms with Crippen LogP contribution in [0, 0.1) is 0 Å². The second kappa shape index (κ2) is 13.3. The molecule has 0 saturated carbocycles. The topological polar surface area (TPSA) is 35.6 Å². The van der Waals surface area contributed by atoms with Gasteiger partial charge in [-0.2, -0.15) is 0 Å². The Kier molecular flexibility index (Phi) is 7.44. The number of para-hydroxylation sites is 3. The first kappa shape index (κ1) is 34.0. The van der Waals surface area contributed by atoms with Crippen molar-refractivity contribution >= 4 is 86.0 Å². The van der Waals surface area contributed by atoms with Gasteiger partial charge in [0.2, 0.25) is 5.95 Å². The minimum atomic E-state index is 0.655. The minimum absolute atomic E-state index is 0.655. The third-order valence-corrected chi connectivity index (χ3v) is 13.5. The fourth-order valence-electron chi connectivity index (χ4n) is 9.55. The van der Waals surface area contributed by atoms with Crippen molar-refractivity contribution in [2.45, 2.75) is 0 Å². The molecule has 0 atom stereocenters. The lowest BCUT2D eigenvalue weighted by atomic mass is 10.00. The van der Waals surface area contributed by atoms with Gasteiger partial charge in [-0.05, 0) is 89.0 Å². The van der Waals surface area contributed by atoms with Gasteiger partial charge in [-0.15, -0.1) is 11.3 Å². The summed E-state index contributed by atoms with van der Waals surface area (Å²) in [7, 11) is 0. The van der Waals surface area contributed by atoms with Crippen molar-refractivity contribution in [3.05, 3.63) is 206 Å². The molecule has 0 saturated heterocycles. The fourth-order valence-corrected chi connectivity index (χ4v) is 10.8. The molecule has 13 rings (SSSR count). The quantitative estimate of drug-likeness (QED) is 0.174. The van der Waals surface area contributed by atoms with Crippen molar-refractivity contribution < 1.29 is 0 Å². The SMILES string of the molecule is c1ccc(-c2cccc(-c3nc(-n4c5ccc(-c6ccc7c(c6)c6ccccc6n7-c6ccccc6)cc5c5c6sc7ccccc7c6ccc54)nc4ccccc34)c2)cc1. The summed E-state index contributed by atoms with van der Waals surface area (Å²) in [5.41, 5.74) is 13.3. The maximum Gasteiger partial charge on any atom is 0.235 e. The average Bonchev–Trinajstić information content (AvgIpc) is 3.99. The van der Waals surface area contributed by atoms with Gasteiger partial charge in [0.1, 0.15) is 0 Å². The van der Waals surface area contributed by atoms with Crippen LogP contribution < -0.4 is 0 Å². The number of aromatic nitrogens is 4. The summed E-state index contributed by atoms with van der Waals surface area (Å²) in [4.78, 5) is 10.8. The van der Waals surface area contributed by atoms with Crippen LogP contribution in [0.5, 0.6) is 0 Å². The van der Waals surface area contributed by atoms with Crippen molar-refractivity contribution in [3.63, 3.8) is 0 Å². The standard InChI is InChI=1S/C56H34N4S/c1-3-14-35(15-4-1)36-16-13-17-39(32-36)54-44-22-7-10-23-47(44)57-56(58-54)60-50-30-27-38(34-46(50)53-51(60)31-28-43-42-21-9-12-25-52(42)61-55(43)53)37-26-29-49-45(33-37)41-20-8-11-24-48(41)59(49)40-18-5-2-6-19-40/h1-34H. The predicted octanol–water partition coefficient (Wildman–Crippen LogP) is 15.2. The molecule has 4 heterocycles. The number of benzene rings is 9. The largest absolute Gasteiger partial charge is 0.309 e. The fraction of sp³-hybridized carbons (Fsp3) is 0. The van der Waals surface area contributed by atoms with E-state index in [4.69, 9.17) is 9.97 Å². The van der Waals surface area contributed by atoms with E-state index in [0.717, 1.165) is 44.4 Å². The normalized spacial score (nSPS) is 11.9. The number of hydrogen-bond acceptors (Lipinski definition) is 3. The highest BCUT2D eigenvalue weighted by atomic mass is 32.1. The van der Waals surface area contributed by atoms with E-state index in [2.05, 4.69) is 215 Å². The molecule has 0 unspecified atom stereocenters. The summed E-state index contributed by atoms with van der Waals surface area (Å²) in [6, 6.07) is 74.2. The van der Waals surface area contributed by atoms with E-state index in [1.807, 2.05) is 11.3 Å². The first-order chi connectivity index (χ1) is 30.2. The molecule has 0 aliphatic heterocycles. The van der Waals surface area contributed by atoms with Crippen LogP contribution in [0.15, 0.2) is 206 Å². The molecular weight excluding hydrogens is 761 g/mol. The summed E-state index contributed by atoms with van der Waals surface area (Å²) in [6.07, 6.45) is 0. The summed E-state index contributed by atoms with van der Waals surface area (Å²) in [5, 5.41) is 8.46. The van der Waals surface area contributed by atoms with Gasteiger partial charge < -0.3 is 4.57 Å². The molecule has 0 fully saturated rings. The highest BCUT2D eigenvalue weighted by molar-refractivity contribution is 7.26. The second-order valence-electron chi connectivity index (χ2n) is 15.8. The highest BCUT2D eigenvalue weighted by Gasteiger charge is 2.22. The van der Waals surface area contributed by atoms with E-state index in [9.17, 15) is 0 Å². The smallest absolute Gasteiger partial charge is 0.235 e. The van der Waals surface area contributed by atoms with Crippen molar-refractivity contribution in [3.8, 4) is 45.1 Å². The molecule has 4 nitrogen and oxygen atoms in total. The van der Waals surface area contributed by atoms with Crippen LogP contribution >= 0.6 is 11.3 Å². The monoisotopic (exact) mass is 794 g/mol. The minimum Gasteiger partial charge on any atom is -0.309 e. The van der Waals surface area contributed by atoms with Crippen LogP contribution in [0.4, 0.5) is 0 Å². The Morgan fingerprint density at radius 3 is 1.79 bits per heavy atom. The molecule has 4 aromatic heterocycles. The van der Waals surface area contributed by atoms with E-state index in [1.54, 1.807) is 0 Å². The van der Waals surface area contributed by atoms with Crippen molar-refractivity contribution in [2.75, 3.05) is 0 Å². The maximum absolute atomic E-state index is 5.50. The second-order valence-corrected chi connectivity index (χ2v) is 16.8. The third-order valence-electron chi connectivity index (χ3n) is 12.3. The molecule has 13 aromatic rings. The summed E-state index contributed by atoms with van der Waals surface area (Å²) < 4.78 is 7.22. The van der Waals surface area contributed by atoms with Crippen molar-refractivity contribution in [1.82, 2.24) is 19.1 Å². The van der Waals surface area contributed by atoms with Gasteiger partial charge in [0, 0.05) is 58.4 Å². The molecule has 0 spiro atoms. The number of rotatable bonds is 5. The first-order valence-electron chi connectivity index (χ1n) is 20.7. The molecule has 9 aromatic carbocycles. The number of thiophene rings is 1. The van der Waals surface area contributed by atoms with Gasteiger partial charge in [0.25, 0.3) is 0 Å². The predicted molar refractivity (Wildman–Crippen MR) is 257 cm³/mol. The van der Waals surface area contributed by atoms with E-state index < -0.39 is 0 Å². The summed E-state index contributed by atoms with van der Waals surface area (Å²) in [5.74, 6) is 0.655. The van der Waals surface area contributed by atoms with Gasteiger partial charge >= 0.3 is 0 Å². The third kappa shape index (κ3) is 5.24. The molecule has 0 bridgehead atoms. The Labute approximate surface area is 354 Å². The first-order valence-corrected chi connectivity index (χ1v) is 21.5. The molecule has 61 heavy (non-hydrogen) atoms. The lowest BCUT2D eigenvalue weighted by Crippen LogP contribution is -2.03. The van der Waals surface area contributed by atoms with Gasteiger partial charge in [0.15, 0.2) is 0 Å². The summed E-state index contributed by atoms with van der Waals surface area (Å²) >= 11 is 1.87. The molecule has 0 radical (unpaired) electrons. The van der Waals surface area contributed by atoms with Crippen molar-refractivity contribution in [2.24, 2.45) is 0 Å². The Hall–Kier alpha value is -7.86. The van der Waals surface area contributed by atoms with Gasteiger partial charge in [0.05, 0.1) is 33.3 Å². The summed E-state index contributed by atoms with van der Waals surface area (Å²) in [6.45, 7) is 0. The zero-order valence-corrected chi connectivity index (χ0v) is 33.6. The van der Waals surface area contributed by atoms with Crippen LogP contribution in [0.3, 0.4) is 0 Å². The molecule has 0 aliphatic carbocycles. The number of hydrogen-bond donors (Lipinski definition) is 0. The lowest BCUT2D eigenvalue weighted by molar-refractivity contribution is 1.01. The Balaban J connectivity index is 1.06. The Morgan fingerprint density at radius 2 is 0.951 bits per heavy atom. The highest BCUT2D eigenvalue weighted by Crippen LogP contribution is 2.45. The number of fused-ring (bicyclic) bond motifs is 11. The Bertz CT molecular complexity index is 3880. The van der Waals surface area contributed by atoms with Crippen LogP contribution in [0.25, 0.3) is 120 Å². The van der Waals surface area contributed by atoms with E-state index in [1.165, 1.54) is 69.4 Å². The maximum atomic E-state index is 5.50. The van der Waals surface area contributed by atoms with E-state index >= 15 is 0 Å². The van der Waals surface area contributed by atoms with Crippen LogP contribution in [-0.2, 0) is 0 Å². The molecule has 0 aliphatic rings. The molecule has 284 valence electrons. The zero-order chi connectivity index (χ0) is 40.0. The zero-order valence-electron chi connectivity index (χ0n) is 32.8. The van der Waals surface area contributed by atoms with Gasteiger partial charge in [-0.25, -0.2) is 9.97 Å². The molecule has 0 N–H and O–H groups in total. The number of nitrogens with zero attached hydrogens (tertiary/aromatic N) is 4. The van der Waals surface area contributed by atoms with Crippen molar-refractivity contribution in [1.29, 1.82) is 0 Å². The molecule has 5 heteroatoms. The van der Waals surface area contributed by atoms with Gasteiger partial charge in [-0.3, -0.25) is 4.57 Å². The van der Waals surface area contributed by atoms with Crippen LogP contribution in [0.2, 0.25) is 0 Å². The average molecular weight is 795 g/mol. The molecular formula is C56H34N4S. The molecule has 0 amide bonds. The van der Waals surface area contributed by atoms with E-state index in [0.29, 0.717) is 5.95 Å². The Morgan fingerprint density at radius 1 is 0.344 bits per heavy atom. The van der Waals surface area contributed by atoms with Crippen LogP contribution in [-0.4, -0.2) is 19.1 Å². The van der Waals surface area contributed by atoms with E-state index in [-0.39, 0.29) is 0 Å². The lowest BCUT2D eigenvalue weighted by Gasteiger charge is -2.13.